The topological polar surface area (TPSA) is 52.9 Å². The largest absolute Gasteiger partial charge is 0.411 e. The highest BCUT2D eigenvalue weighted by Crippen LogP contribution is 2.50. The van der Waals surface area contributed by atoms with E-state index in [9.17, 15) is 10.0 Å². The summed E-state index contributed by atoms with van der Waals surface area (Å²) in [7, 11) is 0. The van der Waals surface area contributed by atoms with Crippen LogP contribution in [0.25, 0.3) is 11.1 Å². The maximum Gasteiger partial charge on any atom is 0.256 e. The average Bonchev–Trinajstić information content (AvgIpc) is 2.89. The number of hydrogen-bond acceptors (Lipinski definition) is 3. The molecule has 0 saturated carbocycles. The van der Waals surface area contributed by atoms with Crippen molar-refractivity contribution in [3.8, 4) is 0 Å². The number of carbonyl (C=O) groups is 1. The molecule has 4 nitrogen and oxygen atoms in total. The van der Waals surface area contributed by atoms with Gasteiger partial charge in [0.1, 0.15) is 0 Å². The van der Waals surface area contributed by atoms with Crippen molar-refractivity contribution in [2.45, 2.75) is 52.1 Å². The van der Waals surface area contributed by atoms with Crippen LogP contribution >= 0.6 is 0 Å². The number of rotatable bonds is 4. The molecule has 1 unspecified atom stereocenters. The number of amides is 1. The van der Waals surface area contributed by atoms with Gasteiger partial charge in [-0.25, -0.2) is 0 Å². The van der Waals surface area contributed by atoms with Gasteiger partial charge in [0.15, 0.2) is 0 Å². The maximum absolute atomic E-state index is 13.8. The zero-order valence-electron chi connectivity index (χ0n) is 17.2. The summed E-state index contributed by atoms with van der Waals surface area (Å²) in [6.07, 6.45) is 0.451. The lowest BCUT2D eigenvalue weighted by Gasteiger charge is -2.46. The van der Waals surface area contributed by atoms with E-state index in [-0.39, 0.29) is 5.91 Å². The highest BCUT2D eigenvalue weighted by Gasteiger charge is 2.52. The van der Waals surface area contributed by atoms with Crippen molar-refractivity contribution < 1.29 is 10.0 Å². The predicted molar refractivity (Wildman–Crippen MR) is 114 cm³/mol. The molecule has 1 aliphatic rings. The van der Waals surface area contributed by atoms with Gasteiger partial charge in [-0.1, -0.05) is 65.8 Å². The summed E-state index contributed by atoms with van der Waals surface area (Å²) in [4.78, 5) is 15.7. The molecular formula is C24H28N2O2. The zero-order valence-corrected chi connectivity index (χ0v) is 17.2. The summed E-state index contributed by atoms with van der Waals surface area (Å²) < 4.78 is 0. The fraction of sp³-hybridized carbons (Fsp3) is 0.333. The Hall–Kier alpha value is -2.88. The van der Waals surface area contributed by atoms with E-state index in [0.29, 0.717) is 12.1 Å². The Balaban J connectivity index is 2.36. The van der Waals surface area contributed by atoms with E-state index in [1.54, 1.807) is 6.92 Å². The normalized spacial score (nSPS) is 20.8. The average molecular weight is 377 g/mol. The second-order valence-electron chi connectivity index (χ2n) is 8.58. The molecule has 146 valence electrons. The summed E-state index contributed by atoms with van der Waals surface area (Å²) in [6.45, 7) is 10.0. The predicted octanol–water partition coefficient (Wildman–Crippen LogP) is 5.24. The van der Waals surface area contributed by atoms with Crippen LogP contribution in [0.4, 0.5) is 0 Å². The minimum absolute atomic E-state index is 0.00536. The molecule has 1 N–H and O–H groups in total. The van der Waals surface area contributed by atoms with E-state index in [1.165, 1.54) is 0 Å². The van der Waals surface area contributed by atoms with Gasteiger partial charge < -0.3 is 10.1 Å². The quantitative estimate of drug-likeness (QED) is 0.451. The van der Waals surface area contributed by atoms with Crippen molar-refractivity contribution in [3.05, 3.63) is 71.8 Å². The molecule has 0 aliphatic carbocycles. The molecule has 1 heterocycles. The first-order valence-electron chi connectivity index (χ1n) is 9.58. The van der Waals surface area contributed by atoms with Gasteiger partial charge in [0.2, 0.25) is 0 Å². The first-order chi connectivity index (χ1) is 13.2. The molecule has 0 saturated heterocycles. The molecule has 2 aromatic rings. The molecule has 1 aliphatic heterocycles. The standard InChI is InChI=1S/C24H28N2O2/c1-17(25-28)16-24(5)21(19-14-10-7-11-15-19)20(18-12-8-6-9-13-18)22(27)26(24)23(2,3)4/h6-15,28H,16H2,1-5H3/b25-17+. The fourth-order valence-corrected chi connectivity index (χ4v) is 4.50. The number of carbonyl (C=O) groups excluding carboxylic acids is 1. The molecule has 0 bridgehead atoms. The van der Waals surface area contributed by atoms with E-state index in [1.807, 2.05) is 86.3 Å². The van der Waals surface area contributed by atoms with Crippen molar-refractivity contribution in [1.29, 1.82) is 0 Å². The lowest BCUT2D eigenvalue weighted by Crippen LogP contribution is -2.56. The summed E-state index contributed by atoms with van der Waals surface area (Å²) in [5, 5.41) is 12.8. The first-order valence-corrected chi connectivity index (χ1v) is 9.58. The summed E-state index contributed by atoms with van der Waals surface area (Å²) in [5.41, 5.74) is 3.15. The van der Waals surface area contributed by atoms with Gasteiger partial charge in [0.05, 0.1) is 16.8 Å². The van der Waals surface area contributed by atoms with Crippen LogP contribution in [-0.2, 0) is 4.79 Å². The van der Waals surface area contributed by atoms with Gasteiger partial charge in [0.25, 0.3) is 5.91 Å². The van der Waals surface area contributed by atoms with E-state index in [4.69, 9.17) is 0 Å². The molecule has 1 amide bonds. The van der Waals surface area contributed by atoms with Crippen molar-refractivity contribution in [3.63, 3.8) is 0 Å². The fourth-order valence-electron chi connectivity index (χ4n) is 4.50. The Bertz CT molecular complexity index is 924. The zero-order chi connectivity index (χ0) is 20.5. The van der Waals surface area contributed by atoms with E-state index in [2.05, 4.69) is 12.1 Å². The number of benzene rings is 2. The van der Waals surface area contributed by atoms with Crippen molar-refractivity contribution in [2.75, 3.05) is 0 Å². The van der Waals surface area contributed by atoms with Crippen molar-refractivity contribution in [2.24, 2.45) is 5.16 Å². The Morgan fingerprint density at radius 1 is 1.00 bits per heavy atom. The lowest BCUT2D eigenvalue weighted by molar-refractivity contribution is -0.132. The lowest BCUT2D eigenvalue weighted by atomic mass is 9.79. The third-order valence-corrected chi connectivity index (χ3v) is 5.27. The molecule has 2 aromatic carbocycles. The van der Waals surface area contributed by atoms with Crippen molar-refractivity contribution >= 4 is 22.8 Å². The molecule has 0 spiro atoms. The molecule has 0 fully saturated rings. The highest BCUT2D eigenvalue weighted by molar-refractivity contribution is 6.32. The van der Waals surface area contributed by atoms with Crippen LogP contribution in [0.3, 0.4) is 0 Å². The molecule has 1 atom stereocenters. The maximum atomic E-state index is 13.8. The second kappa shape index (κ2) is 7.27. The summed E-state index contributed by atoms with van der Waals surface area (Å²) >= 11 is 0. The molecule has 3 rings (SSSR count). The monoisotopic (exact) mass is 376 g/mol. The minimum atomic E-state index is -0.641. The SMILES string of the molecule is C/C(CC1(C)C(c2ccccc2)=C(c2ccccc2)C(=O)N1C(C)(C)C)=N\O. The highest BCUT2D eigenvalue weighted by atomic mass is 16.4. The Kier molecular flexibility index (Phi) is 5.16. The van der Waals surface area contributed by atoms with Crippen LogP contribution < -0.4 is 0 Å². The summed E-state index contributed by atoms with van der Waals surface area (Å²) in [6, 6.07) is 19.9. The van der Waals surface area contributed by atoms with Gasteiger partial charge in [-0.15, -0.1) is 0 Å². The third kappa shape index (κ3) is 3.35. The van der Waals surface area contributed by atoms with E-state index < -0.39 is 11.1 Å². The van der Waals surface area contributed by atoms with Gasteiger partial charge in [0, 0.05) is 12.0 Å². The number of nitrogens with zero attached hydrogens (tertiary/aromatic N) is 2. The van der Waals surface area contributed by atoms with Crippen LogP contribution in [0.5, 0.6) is 0 Å². The molecule has 0 aromatic heterocycles. The van der Waals surface area contributed by atoms with Crippen LogP contribution in [-0.4, -0.2) is 32.8 Å². The van der Waals surface area contributed by atoms with E-state index >= 15 is 0 Å². The smallest absolute Gasteiger partial charge is 0.256 e. The van der Waals surface area contributed by atoms with Crippen LogP contribution in [0.15, 0.2) is 65.8 Å². The van der Waals surface area contributed by atoms with Gasteiger partial charge in [-0.05, 0) is 51.3 Å². The molecule has 28 heavy (non-hydrogen) atoms. The van der Waals surface area contributed by atoms with Gasteiger partial charge >= 0.3 is 0 Å². The van der Waals surface area contributed by atoms with Crippen molar-refractivity contribution in [1.82, 2.24) is 4.90 Å². The van der Waals surface area contributed by atoms with Crippen LogP contribution in [0.2, 0.25) is 0 Å². The second-order valence-corrected chi connectivity index (χ2v) is 8.58. The van der Waals surface area contributed by atoms with Crippen LogP contribution in [0, 0.1) is 0 Å². The molecular weight excluding hydrogens is 348 g/mol. The summed E-state index contributed by atoms with van der Waals surface area (Å²) in [5.74, 6) is 0.00536. The van der Waals surface area contributed by atoms with Gasteiger partial charge in [-0.3, -0.25) is 4.79 Å². The Morgan fingerprint density at radius 2 is 1.50 bits per heavy atom. The Morgan fingerprint density at radius 3 is 1.96 bits per heavy atom. The van der Waals surface area contributed by atoms with Gasteiger partial charge in [-0.2, -0.15) is 0 Å². The number of oxime groups is 1. The molecule has 0 radical (unpaired) electrons. The first kappa shape index (κ1) is 19.9. The number of hydrogen-bond donors (Lipinski definition) is 1. The Labute approximate surface area is 167 Å². The molecule has 4 heteroatoms. The van der Waals surface area contributed by atoms with E-state index in [0.717, 1.165) is 22.3 Å². The van der Waals surface area contributed by atoms with Crippen LogP contribution in [0.1, 0.15) is 52.2 Å². The third-order valence-electron chi connectivity index (χ3n) is 5.27. The minimum Gasteiger partial charge on any atom is -0.411 e.